The van der Waals surface area contributed by atoms with Crippen molar-refractivity contribution >= 4 is 15.7 Å². The second kappa shape index (κ2) is 6.95. The van der Waals surface area contributed by atoms with Crippen molar-refractivity contribution < 1.29 is 26.3 Å². The number of para-hydroxylation sites is 1. The molecule has 0 aromatic heterocycles. The third-order valence-corrected chi connectivity index (χ3v) is 5.01. The number of anilines is 1. The van der Waals surface area contributed by atoms with E-state index in [1.54, 1.807) is 6.07 Å². The van der Waals surface area contributed by atoms with Gasteiger partial charge < -0.3 is 4.74 Å². The topological polar surface area (TPSA) is 55.4 Å². The van der Waals surface area contributed by atoms with Gasteiger partial charge in [0, 0.05) is 0 Å². The van der Waals surface area contributed by atoms with Crippen LogP contribution >= 0.6 is 0 Å². The normalized spacial score (nSPS) is 12.3. The third-order valence-electron chi connectivity index (χ3n) is 3.62. The van der Waals surface area contributed by atoms with Crippen LogP contribution in [0.15, 0.2) is 47.4 Å². The highest BCUT2D eigenvalue weighted by Gasteiger charge is 2.34. The van der Waals surface area contributed by atoms with Crippen molar-refractivity contribution in [2.45, 2.75) is 30.8 Å². The van der Waals surface area contributed by atoms with Crippen molar-refractivity contribution in [2.75, 3.05) is 11.8 Å². The van der Waals surface area contributed by atoms with Gasteiger partial charge in [-0.2, -0.15) is 13.2 Å². The minimum atomic E-state index is -4.68. The van der Waals surface area contributed by atoms with Crippen molar-refractivity contribution in [2.24, 2.45) is 0 Å². The smallest absolute Gasteiger partial charge is 0.418 e. The number of nitrogens with one attached hydrogen (secondary N) is 1. The molecule has 0 atom stereocenters. The minimum absolute atomic E-state index is 0.0438. The van der Waals surface area contributed by atoms with Crippen LogP contribution in [-0.4, -0.2) is 15.5 Å². The Bertz CT molecular complexity index is 862. The van der Waals surface area contributed by atoms with Gasteiger partial charge in [0.2, 0.25) is 0 Å². The third kappa shape index (κ3) is 4.25. The zero-order chi connectivity index (χ0) is 18.8. The molecule has 0 spiro atoms. The average Bonchev–Trinajstić information content (AvgIpc) is 2.53. The Morgan fingerprint density at radius 2 is 1.72 bits per heavy atom. The van der Waals surface area contributed by atoms with Crippen molar-refractivity contribution in [3.05, 3.63) is 53.6 Å². The molecule has 0 heterocycles. The van der Waals surface area contributed by atoms with Gasteiger partial charge in [-0.25, -0.2) is 8.42 Å². The number of benzene rings is 2. The number of hydrogen-bond donors (Lipinski definition) is 1. The predicted octanol–water partition coefficient (Wildman–Crippen LogP) is 4.64. The van der Waals surface area contributed by atoms with Crippen LogP contribution in [0.1, 0.15) is 30.9 Å². The Hall–Kier alpha value is -2.22. The number of halogens is 3. The van der Waals surface area contributed by atoms with Crippen LogP contribution in [0, 0.1) is 0 Å². The summed E-state index contributed by atoms with van der Waals surface area (Å²) >= 11 is 0. The fourth-order valence-corrected chi connectivity index (χ4v) is 3.57. The zero-order valence-electron chi connectivity index (χ0n) is 13.9. The molecule has 25 heavy (non-hydrogen) atoms. The van der Waals surface area contributed by atoms with Crippen molar-refractivity contribution in [1.82, 2.24) is 0 Å². The molecule has 2 aromatic carbocycles. The van der Waals surface area contributed by atoms with E-state index in [1.807, 2.05) is 18.6 Å². The summed E-state index contributed by atoms with van der Waals surface area (Å²) in [4.78, 5) is -0.210. The summed E-state index contributed by atoms with van der Waals surface area (Å²) in [5.74, 6) is 0.101. The minimum Gasteiger partial charge on any atom is -0.495 e. The molecule has 1 N–H and O–H groups in total. The summed E-state index contributed by atoms with van der Waals surface area (Å²) in [6.45, 7) is 3.76. The number of methoxy groups -OCH3 is 1. The molecule has 136 valence electrons. The van der Waals surface area contributed by atoms with E-state index in [1.165, 1.54) is 31.4 Å². The lowest BCUT2D eigenvalue weighted by Gasteiger charge is -2.17. The summed E-state index contributed by atoms with van der Waals surface area (Å²) < 4.78 is 71.7. The van der Waals surface area contributed by atoms with Gasteiger partial charge in [0.05, 0.1) is 18.4 Å². The van der Waals surface area contributed by atoms with E-state index in [2.05, 4.69) is 0 Å². The average molecular weight is 373 g/mol. The van der Waals surface area contributed by atoms with Crippen molar-refractivity contribution in [3.8, 4) is 5.75 Å². The largest absolute Gasteiger partial charge is 0.495 e. The first-order valence-electron chi connectivity index (χ1n) is 7.43. The standard InChI is InChI=1S/C17H18F3NO3S/c1-11(2)12-8-9-15(24-3)16(10-12)25(22,23)21-14-7-5-4-6-13(14)17(18,19)20/h4-11,21H,1-3H3. The number of alkyl halides is 3. The predicted molar refractivity (Wildman–Crippen MR) is 89.3 cm³/mol. The van der Waals surface area contributed by atoms with Gasteiger partial charge in [-0.1, -0.05) is 32.0 Å². The Morgan fingerprint density at radius 3 is 2.28 bits per heavy atom. The highest BCUT2D eigenvalue weighted by molar-refractivity contribution is 7.92. The number of rotatable bonds is 5. The molecule has 0 aliphatic carbocycles. The zero-order valence-corrected chi connectivity index (χ0v) is 14.7. The van der Waals surface area contributed by atoms with Crippen LogP contribution in [-0.2, 0) is 16.2 Å². The number of hydrogen-bond acceptors (Lipinski definition) is 3. The quantitative estimate of drug-likeness (QED) is 0.831. The van der Waals surface area contributed by atoms with Gasteiger partial charge >= 0.3 is 6.18 Å². The van der Waals surface area contributed by atoms with E-state index >= 15 is 0 Å². The van der Waals surface area contributed by atoms with Crippen molar-refractivity contribution in [3.63, 3.8) is 0 Å². The van der Waals surface area contributed by atoms with Gasteiger partial charge in [-0.15, -0.1) is 0 Å². The molecule has 0 aliphatic heterocycles. The Balaban J connectivity index is 2.53. The van der Waals surface area contributed by atoms with Crippen LogP contribution in [0.4, 0.5) is 18.9 Å². The van der Waals surface area contributed by atoms with E-state index < -0.39 is 27.5 Å². The maximum atomic E-state index is 13.1. The summed E-state index contributed by atoms with van der Waals surface area (Å²) in [6.07, 6.45) is -4.68. The number of sulfonamides is 1. The molecule has 0 amide bonds. The van der Waals surface area contributed by atoms with Crippen LogP contribution < -0.4 is 9.46 Å². The molecule has 0 aliphatic rings. The molecular weight excluding hydrogens is 355 g/mol. The van der Waals surface area contributed by atoms with Crippen molar-refractivity contribution in [1.29, 1.82) is 0 Å². The molecule has 0 saturated heterocycles. The summed E-state index contributed by atoms with van der Waals surface area (Å²) in [5, 5.41) is 0. The van der Waals surface area contributed by atoms with Gasteiger partial charge in [0.15, 0.2) is 0 Å². The maximum absolute atomic E-state index is 13.1. The highest BCUT2D eigenvalue weighted by atomic mass is 32.2. The van der Waals surface area contributed by atoms with Gasteiger partial charge in [-0.05, 0) is 35.7 Å². The summed E-state index contributed by atoms with van der Waals surface area (Å²) in [7, 11) is -2.97. The lowest BCUT2D eigenvalue weighted by Crippen LogP contribution is -2.18. The molecule has 4 nitrogen and oxygen atoms in total. The van der Waals surface area contributed by atoms with E-state index in [-0.39, 0.29) is 16.6 Å². The van der Waals surface area contributed by atoms with Gasteiger partial charge in [-0.3, -0.25) is 4.72 Å². The molecule has 0 saturated carbocycles. The molecule has 2 aromatic rings. The molecule has 0 radical (unpaired) electrons. The fourth-order valence-electron chi connectivity index (χ4n) is 2.28. The van der Waals surface area contributed by atoms with E-state index in [4.69, 9.17) is 4.74 Å². The molecule has 2 rings (SSSR count). The molecule has 0 fully saturated rings. The second-order valence-corrected chi connectivity index (χ2v) is 7.36. The molecule has 8 heteroatoms. The molecule has 0 unspecified atom stereocenters. The first-order valence-corrected chi connectivity index (χ1v) is 8.91. The summed E-state index contributed by atoms with van der Waals surface area (Å²) in [5.41, 5.74) is -0.866. The Morgan fingerprint density at radius 1 is 1.08 bits per heavy atom. The van der Waals surface area contributed by atoms with E-state index in [0.29, 0.717) is 0 Å². The first kappa shape index (κ1) is 19.1. The highest BCUT2D eigenvalue weighted by Crippen LogP contribution is 2.36. The van der Waals surface area contributed by atoms with Crippen LogP contribution in [0.5, 0.6) is 5.75 Å². The SMILES string of the molecule is COc1ccc(C(C)C)cc1S(=O)(=O)Nc1ccccc1C(F)(F)F. The fraction of sp³-hybridized carbons (Fsp3) is 0.294. The second-order valence-electron chi connectivity index (χ2n) is 5.71. The van der Waals surface area contributed by atoms with Crippen LogP contribution in [0.3, 0.4) is 0 Å². The molecule has 0 bridgehead atoms. The lowest BCUT2D eigenvalue weighted by atomic mass is 10.0. The Kier molecular flexibility index (Phi) is 5.31. The summed E-state index contributed by atoms with van der Waals surface area (Å²) in [6, 6.07) is 9.02. The molecular formula is C17H18F3NO3S. The Labute approximate surface area is 144 Å². The van der Waals surface area contributed by atoms with Gasteiger partial charge in [0.25, 0.3) is 10.0 Å². The monoisotopic (exact) mass is 373 g/mol. The van der Waals surface area contributed by atoms with E-state index in [0.717, 1.165) is 17.7 Å². The number of ether oxygens (including phenoxy) is 1. The first-order chi connectivity index (χ1) is 11.6. The van der Waals surface area contributed by atoms with Crippen LogP contribution in [0.25, 0.3) is 0 Å². The van der Waals surface area contributed by atoms with Gasteiger partial charge in [0.1, 0.15) is 10.6 Å². The van der Waals surface area contributed by atoms with Crippen LogP contribution in [0.2, 0.25) is 0 Å². The van der Waals surface area contributed by atoms with E-state index in [9.17, 15) is 21.6 Å². The maximum Gasteiger partial charge on any atom is 0.418 e. The lowest BCUT2D eigenvalue weighted by molar-refractivity contribution is -0.136.